The molecule has 13 aromatic rings. The van der Waals surface area contributed by atoms with Crippen molar-refractivity contribution in [2.45, 2.75) is 0 Å². The van der Waals surface area contributed by atoms with Crippen molar-refractivity contribution in [2.75, 3.05) is 0 Å². The first-order valence-electron chi connectivity index (χ1n) is 21.0. The minimum atomic E-state index is 0.634. The summed E-state index contributed by atoms with van der Waals surface area (Å²) in [5.74, 6) is 1.52. The molecule has 7 heteroatoms. The van der Waals surface area contributed by atoms with Crippen LogP contribution in [0, 0.1) is 0 Å². The molecule has 0 bridgehead atoms. The second kappa shape index (κ2) is 14.2. The van der Waals surface area contributed by atoms with E-state index in [-0.39, 0.29) is 0 Å². The van der Waals surface area contributed by atoms with E-state index in [0.29, 0.717) is 5.95 Å². The second-order valence-electron chi connectivity index (χ2n) is 15.9. The van der Waals surface area contributed by atoms with E-state index in [1.54, 1.807) is 11.3 Å². The van der Waals surface area contributed by atoms with Crippen LogP contribution in [-0.2, 0) is 0 Å². The van der Waals surface area contributed by atoms with Gasteiger partial charge in [-0.25, -0.2) is 15.0 Å². The van der Waals surface area contributed by atoms with Crippen molar-refractivity contribution in [1.82, 2.24) is 29.1 Å². The van der Waals surface area contributed by atoms with Gasteiger partial charge in [-0.1, -0.05) is 115 Å². The topological polar surface area (TPSA) is 61.4 Å². The van der Waals surface area contributed by atoms with Crippen molar-refractivity contribution >= 4 is 75.3 Å². The molecular formula is C56H34N6S. The van der Waals surface area contributed by atoms with E-state index in [4.69, 9.17) is 19.9 Å². The number of rotatable bonds is 6. The van der Waals surface area contributed by atoms with E-state index < -0.39 is 0 Å². The Bertz CT molecular complexity index is 3860. The minimum Gasteiger partial charge on any atom is -0.294 e. The van der Waals surface area contributed by atoms with Gasteiger partial charge in [-0.3, -0.25) is 14.1 Å². The zero-order valence-corrected chi connectivity index (χ0v) is 34.5. The smallest absolute Gasteiger partial charge is 0.235 e. The summed E-state index contributed by atoms with van der Waals surface area (Å²) in [7, 11) is 0. The lowest BCUT2D eigenvalue weighted by molar-refractivity contribution is 0.992. The van der Waals surface area contributed by atoms with Crippen molar-refractivity contribution < 1.29 is 0 Å². The Hall–Kier alpha value is -8.26. The Balaban J connectivity index is 0.938. The molecular weight excluding hydrogens is 789 g/mol. The molecule has 6 heterocycles. The molecule has 0 spiro atoms. The van der Waals surface area contributed by atoms with Gasteiger partial charge in [0.1, 0.15) is 5.82 Å². The Morgan fingerprint density at radius 3 is 1.70 bits per heavy atom. The maximum absolute atomic E-state index is 5.33. The molecule has 13 rings (SSSR count). The first-order chi connectivity index (χ1) is 31.2. The standard InChI is InChI=1S/C56H34N6S/c1-3-12-35(13-4-1)40-33-47(36-14-5-2-6-15-36)59-54(34-40)61-48-18-9-7-16-41(48)43-30-37(21-24-50(43)61)38-22-25-51-44(31-38)42-17-8-10-19-49(42)62(51)56-58-29-27-46(60-56)39-23-26-52-45(32-39)55-53(63-52)20-11-28-57-55/h1-34H. The predicted molar refractivity (Wildman–Crippen MR) is 261 cm³/mol. The average molecular weight is 823 g/mol. The fraction of sp³-hybridized carbons (Fsp3) is 0. The molecule has 6 aromatic heterocycles. The largest absolute Gasteiger partial charge is 0.294 e. The van der Waals surface area contributed by atoms with Crippen molar-refractivity contribution in [2.24, 2.45) is 0 Å². The number of hydrogen-bond acceptors (Lipinski definition) is 5. The van der Waals surface area contributed by atoms with Crippen LogP contribution in [-0.4, -0.2) is 29.1 Å². The van der Waals surface area contributed by atoms with E-state index >= 15 is 0 Å². The summed E-state index contributed by atoms with van der Waals surface area (Å²) in [6.45, 7) is 0. The molecule has 0 radical (unpaired) electrons. The number of nitrogens with zero attached hydrogens (tertiary/aromatic N) is 6. The summed E-state index contributed by atoms with van der Waals surface area (Å²) in [6.07, 6.45) is 3.73. The third kappa shape index (κ3) is 5.78. The highest BCUT2D eigenvalue weighted by Crippen LogP contribution is 2.40. The van der Waals surface area contributed by atoms with Crippen LogP contribution in [0.3, 0.4) is 0 Å². The highest BCUT2D eigenvalue weighted by atomic mass is 32.1. The summed E-state index contributed by atoms with van der Waals surface area (Å²) in [5, 5.41) is 5.80. The Morgan fingerprint density at radius 1 is 0.333 bits per heavy atom. The van der Waals surface area contributed by atoms with Crippen LogP contribution in [0.15, 0.2) is 207 Å². The quantitative estimate of drug-likeness (QED) is 0.168. The van der Waals surface area contributed by atoms with E-state index in [1.807, 2.05) is 30.6 Å². The van der Waals surface area contributed by atoms with Gasteiger partial charge in [0.25, 0.3) is 0 Å². The van der Waals surface area contributed by atoms with Crippen LogP contribution >= 0.6 is 11.3 Å². The third-order valence-corrected chi connectivity index (χ3v) is 13.4. The maximum atomic E-state index is 5.33. The van der Waals surface area contributed by atoms with Gasteiger partial charge in [0, 0.05) is 55.2 Å². The monoisotopic (exact) mass is 822 g/mol. The van der Waals surface area contributed by atoms with Crippen LogP contribution < -0.4 is 0 Å². The first kappa shape index (κ1) is 35.5. The Morgan fingerprint density at radius 2 is 0.952 bits per heavy atom. The third-order valence-electron chi connectivity index (χ3n) is 12.3. The lowest BCUT2D eigenvalue weighted by Crippen LogP contribution is -2.01. The molecule has 0 aliphatic carbocycles. The van der Waals surface area contributed by atoms with E-state index in [0.717, 1.165) is 94.3 Å². The first-order valence-corrected chi connectivity index (χ1v) is 21.8. The van der Waals surface area contributed by atoms with Crippen molar-refractivity contribution in [3.05, 3.63) is 207 Å². The van der Waals surface area contributed by atoms with E-state index in [9.17, 15) is 0 Å². The lowest BCUT2D eigenvalue weighted by Gasteiger charge is -2.13. The number of benzene rings is 7. The molecule has 6 nitrogen and oxygen atoms in total. The molecule has 7 aromatic carbocycles. The molecule has 0 N–H and O–H groups in total. The van der Waals surface area contributed by atoms with Crippen molar-refractivity contribution in [3.63, 3.8) is 0 Å². The zero-order valence-electron chi connectivity index (χ0n) is 33.7. The van der Waals surface area contributed by atoms with Gasteiger partial charge in [-0.05, 0) is 101 Å². The molecule has 63 heavy (non-hydrogen) atoms. The normalized spacial score (nSPS) is 11.8. The number of hydrogen-bond donors (Lipinski definition) is 0. The second-order valence-corrected chi connectivity index (χ2v) is 17.0. The van der Waals surface area contributed by atoms with Crippen LogP contribution in [0.5, 0.6) is 0 Å². The summed E-state index contributed by atoms with van der Waals surface area (Å²) in [6, 6.07) is 68.9. The molecule has 0 atom stereocenters. The highest BCUT2D eigenvalue weighted by Gasteiger charge is 2.19. The van der Waals surface area contributed by atoms with Crippen LogP contribution in [0.2, 0.25) is 0 Å². The van der Waals surface area contributed by atoms with Gasteiger partial charge in [0.05, 0.1) is 43.7 Å². The molecule has 0 saturated heterocycles. The molecule has 0 aliphatic rings. The average Bonchev–Trinajstić information content (AvgIpc) is 4.01. The number of aromatic nitrogens is 6. The van der Waals surface area contributed by atoms with Gasteiger partial charge < -0.3 is 0 Å². The van der Waals surface area contributed by atoms with Crippen LogP contribution in [0.4, 0.5) is 0 Å². The summed E-state index contributed by atoms with van der Waals surface area (Å²) in [5.41, 5.74) is 13.8. The molecule has 0 amide bonds. The fourth-order valence-electron chi connectivity index (χ4n) is 9.33. The van der Waals surface area contributed by atoms with Crippen molar-refractivity contribution in [3.8, 4) is 56.5 Å². The SMILES string of the molecule is c1ccc(-c2cc(-c3ccccc3)nc(-n3c4ccccc4c4cc(-c5ccc6c(c5)c5ccccc5n6-c5nccc(-c6ccc7sc8cccnc8c7c6)n5)ccc43)c2)cc1. The van der Waals surface area contributed by atoms with Crippen LogP contribution in [0.1, 0.15) is 0 Å². The van der Waals surface area contributed by atoms with Gasteiger partial charge in [-0.15, -0.1) is 11.3 Å². The predicted octanol–water partition coefficient (Wildman–Crippen LogP) is 14.5. The molecule has 0 saturated carbocycles. The van der Waals surface area contributed by atoms with E-state index in [2.05, 4.69) is 185 Å². The van der Waals surface area contributed by atoms with Gasteiger partial charge in [0.15, 0.2) is 0 Å². The summed E-state index contributed by atoms with van der Waals surface area (Å²) in [4.78, 5) is 20.1. The van der Waals surface area contributed by atoms with Gasteiger partial charge >= 0.3 is 0 Å². The fourth-order valence-corrected chi connectivity index (χ4v) is 10.4. The lowest BCUT2D eigenvalue weighted by atomic mass is 10.0. The maximum Gasteiger partial charge on any atom is 0.235 e. The highest BCUT2D eigenvalue weighted by molar-refractivity contribution is 7.25. The van der Waals surface area contributed by atoms with Crippen molar-refractivity contribution in [1.29, 1.82) is 0 Å². The van der Waals surface area contributed by atoms with E-state index in [1.165, 1.54) is 20.2 Å². The molecule has 294 valence electrons. The Kier molecular flexibility index (Phi) is 7.98. The molecule has 0 fully saturated rings. The number of fused-ring (bicyclic) bond motifs is 9. The summed E-state index contributed by atoms with van der Waals surface area (Å²) >= 11 is 1.77. The molecule has 0 aliphatic heterocycles. The number of pyridine rings is 2. The Labute approximate surface area is 365 Å². The summed E-state index contributed by atoms with van der Waals surface area (Å²) < 4.78 is 6.90. The zero-order chi connectivity index (χ0) is 41.4. The van der Waals surface area contributed by atoms with Gasteiger partial charge in [-0.2, -0.15) is 0 Å². The number of para-hydroxylation sites is 2. The minimum absolute atomic E-state index is 0.634. The van der Waals surface area contributed by atoms with Crippen LogP contribution in [0.25, 0.3) is 120 Å². The molecule has 0 unspecified atom stereocenters. The van der Waals surface area contributed by atoms with Gasteiger partial charge in [0.2, 0.25) is 5.95 Å². The number of thiophene rings is 1.